The first-order valence-corrected chi connectivity index (χ1v) is 11.7. The van der Waals surface area contributed by atoms with Gasteiger partial charge in [0.25, 0.3) is 5.91 Å². The van der Waals surface area contributed by atoms with Crippen LogP contribution in [0.2, 0.25) is 5.02 Å². The van der Waals surface area contributed by atoms with Gasteiger partial charge in [-0.1, -0.05) is 48.0 Å². The van der Waals surface area contributed by atoms with Crippen LogP contribution in [0.15, 0.2) is 72.8 Å². The summed E-state index contributed by atoms with van der Waals surface area (Å²) in [5.74, 6) is 0.551. The molecule has 0 bridgehead atoms. The van der Waals surface area contributed by atoms with Crippen LogP contribution in [0.5, 0.6) is 11.5 Å². The number of nitrogens with zero attached hydrogens (tertiary/aromatic N) is 2. The third-order valence-electron chi connectivity index (χ3n) is 5.66. The standard InChI is InChI=1S/C26H24ClN3O4S/c1-33-22-13-12-17(14-23(22)34-2)16-29-21(15-24(31)28-20-11-7-6-10-19(20)27)25(32)30(26(29)35)18-8-4-3-5-9-18/h3-14,21H,15-16H2,1-2H3,(H,28,31)/t21-/m0/s1. The zero-order valence-corrected chi connectivity index (χ0v) is 20.8. The smallest absolute Gasteiger partial charge is 0.256 e. The van der Waals surface area contributed by atoms with E-state index in [-0.39, 0.29) is 18.2 Å². The van der Waals surface area contributed by atoms with Gasteiger partial charge in [-0.05, 0) is 54.2 Å². The highest BCUT2D eigenvalue weighted by Gasteiger charge is 2.44. The predicted molar refractivity (Wildman–Crippen MR) is 140 cm³/mol. The Morgan fingerprint density at radius 1 is 1.00 bits per heavy atom. The fourth-order valence-electron chi connectivity index (χ4n) is 3.94. The number of carbonyl (C=O) groups is 2. The molecule has 0 aromatic heterocycles. The number of hydrogen-bond acceptors (Lipinski definition) is 5. The molecule has 4 rings (SSSR count). The van der Waals surface area contributed by atoms with Crippen LogP contribution in [-0.2, 0) is 16.1 Å². The largest absolute Gasteiger partial charge is 0.493 e. The maximum atomic E-state index is 13.5. The Labute approximate surface area is 214 Å². The quantitative estimate of drug-likeness (QED) is 0.436. The minimum absolute atomic E-state index is 0.0964. The molecule has 35 heavy (non-hydrogen) atoms. The summed E-state index contributed by atoms with van der Waals surface area (Å²) in [5, 5.41) is 3.54. The summed E-state index contributed by atoms with van der Waals surface area (Å²) in [6.45, 7) is 0.304. The van der Waals surface area contributed by atoms with Gasteiger partial charge in [0.1, 0.15) is 6.04 Å². The fourth-order valence-corrected chi connectivity index (χ4v) is 4.51. The van der Waals surface area contributed by atoms with Gasteiger partial charge in [0.2, 0.25) is 5.91 Å². The van der Waals surface area contributed by atoms with Crippen molar-refractivity contribution in [1.29, 1.82) is 0 Å². The molecule has 2 amide bonds. The van der Waals surface area contributed by atoms with Crippen molar-refractivity contribution in [1.82, 2.24) is 4.90 Å². The maximum absolute atomic E-state index is 13.5. The molecular weight excluding hydrogens is 486 g/mol. The van der Waals surface area contributed by atoms with E-state index in [2.05, 4.69) is 5.32 Å². The van der Waals surface area contributed by atoms with E-state index in [0.717, 1.165) is 5.56 Å². The average molecular weight is 510 g/mol. The topological polar surface area (TPSA) is 71.1 Å². The van der Waals surface area contributed by atoms with Crippen molar-refractivity contribution in [2.24, 2.45) is 0 Å². The van der Waals surface area contributed by atoms with Crippen molar-refractivity contribution in [3.63, 3.8) is 0 Å². The SMILES string of the molecule is COc1ccc(CN2C(=S)N(c3ccccc3)C(=O)[C@@H]2CC(=O)Nc2ccccc2Cl)cc1OC. The van der Waals surface area contributed by atoms with Gasteiger partial charge in [-0.25, -0.2) is 0 Å². The van der Waals surface area contributed by atoms with E-state index in [1.54, 1.807) is 49.5 Å². The Morgan fingerprint density at radius 2 is 1.69 bits per heavy atom. The van der Waals surface area contributed by atoms with E-state index in [0.29, 0.717) is 39.6 Å². The summed E-state index contributed by atoms with van der Waals surface area (Å²) < 4.78 is 10.7. The number of thiocarbonyl (C=S) groups is 1. The Kier molecular flexibility index (Phi) is 7.53. The zero-order valence-electron chi connectivity index (χ0n) is 19.2. The molecule has 0 aliphatic carbocycles. The molecule has 1 saturated heterocycles. The number of ether oxygens (including phenoxy) is 2. The molecule has 1 fully saturated rings. The number of hydrogen-bond donors (Lipinski definition) is 1. The van der Waals surface area contributed by atoms with E-state index in [1.165, 1.54) is 4.90 Å². The molecule has 0 unspecified atom stereocenters. The second-order valence-corrected chi connectivity index (χ2v) is 8.63. The third-order valence-corrected chi connectivity index (χ3v) is 6.41. The lowest BCUT2D eigenvalue weighted by molar-refractivity contribution is -0.124. The van der Waals surface area contributed by atoms with Gasteiger partial charge in [-0.2, -0.15) is 0 Å². The first-order valence-electron chi connectivity index (χ1n) is 10.9. The number of carbonyl (C=O) groups excluding carboxylic acids is 2. The molecule has 1 aliphatic heterocycles. The molecule has 180 valence electrons. The van der Waals surface area contributed by atoms with Crippen LogP contribution in [0.25, 0.3) is 0 Å². The molecule has 1 heterocycles. The van der Waals surface area contributed by atoms with Crippen LogP contribution in [0.1, 0.15) is 12.0 Å². The monoisotopic (exact) mass is 509 g/mol. The van der Waals surface area contributed by atoms with Crippen LogP contribution >= 0.6 is 23.8 Å². The summed E-state index contributed by atoms with van der Waals surface area (Å²) in [6, 6.07) is 20.8. The minimum atomic E-state index is -0.793. The van der Waals surface area contributed by atoms with Gasteiger partial charge in [0.15, 0.2) is 16.6 Å². The number of para-hydroxylation sites is 2. The number of anilines is 2. The van der Waals surface area contributed by atoms with Crippen molar-refractivity contribution >= 4 is 52.1 Å². The van der Waals surface area contributed by atoms with Crippen LogP contribution in [0.4, 0.5) is 11.4 Å². The fraction of sp³-hybridized carbons (Fsp3) is 0.192. The van der Waals surface area contributed by atoms with E-state index in [9.17, 15) is 9.59 Å². The van der Waals surface area contributed by atoms with Crippen molar-refractivity contribution in [2.75, 3.05) is 24.4 Å². The minimum Gasteiger partial charge on any atom is -0.493 e. The van der Waals surface area contributed by atoms with Crippen molar-refractivity contribution in [3.05, 3.63) is 83.4 Å². The number of nitrogens with one attached hydrogen (secondary N) is 1. The predicted octanol–water partition coefficient (Wildman–Crippen LogP) is 4.89. The maximum Gasteiger partial charge on any atom is 0.256 e. The Hall–Kier alpha value is -3.62. The number of rotatable bonds is 8. The Morgan fingerprint density at radius 3 is 2.37 bits per heavy atom. The van der Waals surface area contributed by atoms with E-state index in [1.807, 2.05) is 42.5 Å². The third kappa shape index (κ3) is 5.23. The molecule has 1 atom stereocenters. The second-order valence-electron chi connectivity index (χ2n) is 7.86. The van der Waals surface area contributed by atoms with Gasteiger partial charge < -0.3 is 19.7 Å². The molecule has 7 nitrogen and oxygen atoms in total. The van der Waals surface area contributed by atoms with Crippen LogP contribution < -0.4 is 19.7 Å². The highest BCUT2D eigenvalue weighted by molar-refractivity contribution is 7.80. The van der Waals surface area contributed by atoms with E-state index in [4.69, 9.17) is 33.3 Å². The number of benzene rings is 3. The Balaban J connectivity index is 1.63. The number of methoxy groups -OCH3 is 2. The molecular formula is C26H24ClN3O4S. The molecule has 3 aromatic rings. The van der Waals surface area contributed by atoms with Crippen LogP contribution in [-0.4, -0.2) is 42.1 Å². The van der Waals surface area contributed by atoms with Gasteiger partial charge in [-0.15, -0.1) is 0 Å². The highest BCUT2D eigenvalue weighted by atomic mass is 35.5. The highest BCUT2D eigenvalue weighted by Crippen LogP contribution is 2.32. The van der Waals surface area contributed by atoms with Gasteiger partial charge in [-0.3, -0.25) is 14.5 Å². The summed E-state index contributed by atoms with van der Waals surface area (Å²) in [7, 11) is 3.13. The average Bonchev–Trinajstić information content (AvgIpc) is 3.09. The lowest BCUT2D eigenvalue weighted by Crippen LogP contribution is -2.37. The number of halogens is 1. The van der Waals surface area contributed by atoms with Crippen LogP contribution in [0, 0.1) is 0 Å². The molecule has 1 aliphatic rings. The van der Waals surface area contributed by atoms with Crippen LogP contribution in [0.3, 0.4) is 0 Å². The Bertz CT molecular complexity index is 1250. The second kappa shape index (κ2) is 10.8. The normalized spacial score (nSPS) is 15.3. The van der Waals surface area contributed by atoms with Gasteiger partial charge >= 0.3 is 0 Å². The molecule has 0 spiro atoms. The molecule has 1 N–H and O–H groups in total. The van der Waals surface area contributed by atoms with Crippen molar-refractivity contribution in [3.8, 4) is 11.5 Å². The summed E-state index contributed by atoms with van der Waals surface area (Å²) >= 11 is 11.9. The first-order chi connectivity index (χ1) is 16.9. The lowest BCUT2D eigenvalue weighted by Gasteiger charge is -2.24. The van der Waals surface area contributed by atoms with E-state index < -0.39 is 6.04 Å². The molecule has 0 saturated carbocycles. The molecule has 9 heteroatoms. The summed E-state index contributed by atoms with van der Waals surface area (Å²) in [6.07, 6.45) is -0.0964. The molecule has 3 aromatic carbocycles. The summed E-state index contributed by atoms with van der Waals surface area (Å²) in [4.78, 5) is 29.7. The van der Waals surface area contributed by atoms with Crippen molar-refractivity contribution in [2.45, 2.75) is 19.0 Å². The number of amides is 2. The van der Waals surface area contributed by atoms with Gasteiger partial charge in [0.05, 0.1) is 37.0 Å². The van der Waals surface area contributed by atoms with E-state index >= 15 is 0 Å². The lowest BCUT2D eigenvalue weighted by atomic mass is 10.1. The molecule has 0 radical (unpaired) electrons. The van der Waals surface area contributed by atoms with Gasteiger partial charge in [0, 0.05) is 6.54 Å². The van der Waals surface area contributed by atoms with Crippen molar-refractivity contribution < 1.29 is 19.1 Å². The first kappa shape index (κ1) is 24.5. The summed E-state index contributed by atoms with van der Waals surface area (Å²) in [5.41, 5.74) is 1.98. The zero-order chi connectivity index (χ0) is 24.9.